The van der Waals surface area contributed by atoms with Crippen LogP contribution in [0.4, 0.5) is 0 Å². The second-order valence-electron chi connectivity index (χ2n) is 3.58. The molecule has 0 saturated heterocycles. The maximum atomic E-state index is 6.21. The van der Waals surface area contributed by atoms with Gasteiger partial charge in [-0.2, -0.15) is 0 Å². The van der Waals surface area contributed by atoms with Crippen LogP contribution in [0.5, 0.6) is 0 Å². The van der Waals surface area contributed by atoms with E-state index in [9.17, 15) is 0 Å². The van der Waals surface area contributed by atoms with Crippen LogP contribution in [0.15, 0.2) is 11.4 Å². The molecular formula is C10H12Cl2S. The summed E-state index contributed by atoms with van der Waals surface area (Å²) >= 11 is 13.9. The molecule has 1 unspecified atom stereocenters. The van der Waals surface area contributed by atoms with E-state index in [1.165, 1.54) is 17.7 Å². The average molecular weight is 235 g/mol. The lowest BCUT2D eigenvalue weighted by atomic mass is 10.1. The van der Waals surface area contributed by atoms with Crippen molar-refractivity contribution in [2.24, 2.45) is 5.92 Å². The minimum absolute atomic E-state index is 0.373. The van der Waals surface area contributed by atoms with Gasteiger partial charge in [0.05, 0.1) is 5.02 Å². The van der Waals surface area contributed by atoms with Crippen LogP contribution >= 0.6 is 34.5 Å². The summed E-state index contributed by atoms with van der Waals surface area (Å²) in [5.74, 6) is 0.792. The Morgan fingerprint density at radius 3 is 2.85 bits per heavy atom. The monoisotopic (exact) mass is 234 g/mol. The highest BCUT2D eigenvalue weighted by Crippen LogP contribution is 2.38. The van der Waals surface area contributed by atoms with Crippen molar-refractivity contribution in [3.63, 3.8) is 0 Å². The number of thiophene rings is 1. The van der Waals surface area contributed by atoms with Crippen LogP contribution in [-0.4, -0.2) is 5.38 Å². The number of rotatable bonds is 4. The van der Waals surface area contributed by atoms with Gasteiger partial charge < -0.3 is 0 Å². The Labute approximate surface area is 92.9 Å². The van der Waals surface area contributed by atoms with E-state index in [-0.39, 0.29) is 0 Å². The average Bonchev–Trinajstić information content (AvgIpc) is 2.88. The Balaban J connectivity index is 1.81. The smallest absolute Gasteiger partial charge is 0.0544 e. The van der Waals surface area contributed by atoms with Crippen molar-refractivity contribution >= 4 is 34.5 Å². The number of alkyl halides is 1. The molecule has 0 N–H and O–H groups in total. The molecule has 0 amide bonds. The van der Waals surface area contributed by atoms with Crippen LogP contribution in [0, 0.1) is 5.92 Å². The maximum Gasteiger partial charge on any atom is 0.0544 e. The molecular weight excluding hydrogens is 223 g/mol. The van der Waals surface area contributed by atoms with Gasteiger partial charge in [0.2, 0.25) is 0 Å². The van der Waals surface area contributed by atoms with Crippen LogP contribution in [0.3, 0.4) is 0 Å². The van der Waals surface area contributed by atoms with E-state index in [1.54, 1.807) is 11.3 Å². The van der Waals surface area contributed by atoms with Crippen molar-refractivity contribution in [1.82, 2.24) is 0 Å². The quantitative estimate of drug-likeness (QED) is 0.680. The van der Waals surface area contributed by atoms with E-state index >= 15 is 0 Å². The zero-order chi connectivity index (χ0) is 9.26. The van der Waals surface area contributed by atoms with E-state index in [1.807, 2.05) is 11.4 Å². The third-order valence-electron chi connectivity index (χ3n) is 2.47. The van der Waals surface area contributed by atoms with Gasteiger partial charge in [-0.3, -0.25) is 0 Å². The van der Waals surface area contributed by atoms with Crippen molar-refractivity contribution in [3.8, 4) is 0 Å². The lowest BCUT2D eigenvalue weighted by Crippen LogP contribution is -2.02. The van der Waals surface area contributed by atoms with Crippen molar-refractivity contribution in [2.75, 3.05) is 0 Å². The first-order chi connectivity index (χ1) is 6.27. The molecule has 1 aliphatic carbocycles. The van der Waals surface area contributed by atoms with Gasteiger partial charge in [0.15, 0.2) is 0 Å². The number of halogens is 2. The minimum Gasteiger partial charge on any atom is -0.147 e. The summed E-state index contributed by atoms with van der Waals surface area (Å²) < 4.78 is 0. The molecule has 0 radical (unpaired) electrons. The molecule has 0 bridgehead atoms. The molecule has 0 aliphatic heterocycles. The molecule has 1 saturated carbocycles. The van der Waals surface area contributed by atoms with Crippen molar-refractivity contribution in [2.45, 2.75) is 31.1 Å². The van der Waals surface area contributed by atoms with E-state index < -0.39 is 0 Å². The SMILES string of the molecule is Clc1ccsc1CCC(Cl)C1CC1. The second kappa shape index (κ2) is 4.20. The number of hydrogen-bond acceptors (Lipinski definition) is 1. The highest BCUT2D eigenvalue weighted by atomic mass is 35.5. The molecule has 72 valence electrons. The van der Waals surface area contributed by atoms with Crippen molar-refractivity contribution in [1.29, 1.82) is 0 Å². The first kappa shape index (κ1) is 9.82. The molecule has 13 heavy (non-hydrogen) atoms. The Hall–Kier alpha value is 0.280. The topological polar surface area (TPSA) is 0 Å². The normalized spacial score (nSPS) is 18.9. The van der Waals surface area contributed by atoms with E-state index in [0.29, 0.717) is 5.38 Å². The van der Waals surface area contributed by atoms with Gasteiger partial charge in [-0.1, -0.05) is 11.6 Å². The van der Waals surface area contributed by atoms with Gasteiger partial charge in [-0.15, -0.1) is 22.9 Å². The van der Waals surface area contributed by atoms with Gasteiger partial charge >= 0.3 is 0 Å². The van der Waals surface area contributed by atoms with E-state index in [0.717, 1.165) is 23.8 Å². The summed E-state index contributed by atoms with van der Waals surface area (Å²) in [4.78, 5) is 1.29. The lowest BCUT2D eigenvalue weighted by molar-refractivity contribution is 0.680. The minimum atomic E-state index is 0.373. The predicted octanol–water partition coefficient (Wildman–Crippen LogP) is 4.35. The highest BCUT2D eigenvalue weighted by molar-refractivity contribution is 7.10. The summed E-state index contributed by atoms with van der Waals surface area (Å²) in [5.41, 5.74) is 0. The van der Waals surface area contributed by atoms with Crippen LogP contribution in [0.25, 0.3) is 0 Å². The molecule has 1 aliphatic rings. The molecule has 2 rings (SSSR count). The molecule has 1 aromatic heterocycles. The highest BCUT2D eigenvalue weighted by Gasteiger charge is 2.29. The van der Waals surface area contributed by atoms with Crippen LogP contribution in [0.1, 0.15) is 24.1 Å². The third-order valence-corrected chi connectivity index (χ3v) is 4.49. The zero-order valence-corrected chi connectivity index (χ0v) is 9.63. The molecule has 1 atom stereocenters. The third kappa shape index (κ3) is 2.61. The molecule has 0 nitrogen and oxygen atoms in total. The molecule has 0 aromatic carbocycles. The summed E-state index contributed by atoms with van der Waals surface area (Å²) in [7, 11) is 0. The summed E-state index contributed by atoms with van der Waals surface area (Å²) in [6, 6.07) is 1.96. The fraction of sp³-hybridized carbons (Fsp3) is 0.600. The van der Waals surface area contributed by atoms with Gasteiger partial charge in [0.1, 0.15) is 0 Å². The largest absolute Gasteiger partial charge is 0.147 e. The lowest BCUT2D eigenvalue weighted by Gasteiger charge is -2.05. The maximum absolute atomic E-state index is 6.21. The van der Waals surface area contributed by atoms with E-state index in [2.05, 4.69) is 0 Å². The second-order valence-corrected chi connectivity index (χ2v) is 5.55. The van der Waals surface area contributed by atoms with Crippen molar-refractivity contribution in [3.05, 3.63) is 21.3 Å². The number of hydrogen-bond donors (Lipinski definition) is 0. The van der Waals surface area contributed by atoms with Crippen LogP contribution in [0.2, 0.25) is 5.02 Å². The summed E-state index contributed by atoms with van der Waals surface area (Å²) in [5, 5.41) is 3.32. The zero-order valence-electron chi connectivity index (χ0n) is 7.30. The van der Waals surface area contributed by atoms with Gasteiger partial charge in [0, 0.05) is 10.3 Å². The van der Waals surface area contributed by atoms with E-state index in [4.69, 9.17) is 23.2 Å². The van der Waals surface area contributed by atoms with Gasteiger partial charge in [-0.05, 0) is 43.0 Å². The standard InChI is InChI=1S/C10H12Cl2S/c11-8(7-1-2-7)3-4-10-9(12)5-6-13-10/h5-8H,1-4H2. The molecule has 3 heteroatoms. The first-order valence-corrected chi connectivity index (χ1v) is 6.32. The van der Waals surface area contributed by atoms with Gasteiger partial charge in [0.25, 0.3) is 0 Å². The molecule has 0 spiro atoms. The summed E-state index contributed by atoms with van der Waals surface area (Å²) in [6.07, 6.45) is 4.77. The molecule has 1 aromatic rings. The molecule has 1 heterocycles. The number of aryl methyl sites for hydroxylation is 1. The van der Waals surface area contributed by atoms with Crippen LogP contribution < -0.4 is 0 Å². The van der Waals surface area contributed by atoms with Crippen LogP contribution in [-0.2, 0) is 6.42 Å². The Morgan fingerprint density at radius 2 is 2.31 bits per heavy atom. The Bertz CT molecular complexity index is 278. The van der Waals surface area contributed by atoms with Gasteiger partial charge in [-0.25, -0.2) is 0 Å². The summed E-state index contributed by atoms with van der Waals surface area (Å²) in [6.45, 7) is 0. The Morgan fingerprint density at radius 1 is 1.54 bits per heavy atom. The van der Waals surface area contributed by atoms with Crippen molar-refractivity contribution < 1.29 is 0 Å². The Kier molecular flexibility index (Phi) is 3.18. The predicted molar refractivity (Wildman–Crippen MR) is 60.0 cm³/mol. The first-order valence-electron chi connectivity index (χ1n) is 4.63. The fourth-order valence-electron chi connectivity index (χ4n) is 1.47. The molecule has 1 fully saturated rings. The fourth-order valence-corrected chi connectivity index (χ4v) is 2.98.